The van der Waals surface area contributed by atoms with Crippen LogP contribution in [0.1, 0.15) is 32.6 Å². The number of urea groups is 1. The fourth-order valence-corrected chi connectivity index (χ4v) is 4.88. The van der Waals surface area contributed by atoms with Crippen molar-refractivity contribution in [2.45, 2.75) is 49.9 Å². The highest BCUT2D eigenvalue weighted by molar-refractivity contribution is 8.00. The Hall–Kier alpha value is -2.41. The maximum absolute atomic E-state index is 12.1. The minimum atomic E-state index is -1.42. The first-order valence-electron chi connectivity index (χ1n) is 10.6. The number of guanidine groups is 1. The van der Waals surface area contributed by atoms with Gasteiger partial charge in [0.2, 0.25) is 0 Å². The number of aliphatic imine (C=N–C) groups is 1. The molecular weight excluding hydrogens is 442 g/mol. The lowest BCUT2D eigenvalue weighted by Crippen LogP contribution is -2.39. The number of rotatable bonds is 13. The number of carbonyl (C=O) groups excluding carboxylic acids is 3. The lowest BCUT2D eigenvalue weighted by molar-refractivity contribution is -0.160. The van der Waals surface area contributed by atoms with Crippen LogP contribution in [0.4, 0.5) is 9.59 Å². The van der Waals surface area contributed by atoms with Crippen molar-refractivity contribution in [2.24, 2.45) is 21.9 Å². The van der Waals surface area contributed by atoms with Crippen molar-refractivity contribution < 1.29 is 33.7 Å². The number of hydrogen-bond acceptors (Lipinski definition) is 9. The second-order valence-corrected chi connectivity index (χ2v) is 9.29. The molecule has 0 aliphatic carbocycles. The molecule has 2 heterocycles. The number of nitrogens with zero attached hydrogens (tertiary/aromatic N) is 1. The lowest BCUT2D eigenvalue weighted by Gasteiger charge is -2.24. The Morgan fingerprint density at radius 3 is 2.69 bits per heavy atom. The quantitative estimate of drug-likeness (QED) is 0.0776. The predicted octanol–water partition coefficient (Wildman–Crippen LogP) is -0.319. The third-order valence-corrected chi connectivity index (χ3v) is 6.77. The lowest BCUT2D eigenvalue weighted by atomic mass is 9.93. The number of amides is 2. The standard InChI is InChI=1S/C19H33N5O7S/c1-19(10-25,15(26)29-8-6-22-16(20)21)11-31-18(28)30-7-4-2-3-5-13-14-12(9-32-13)23-17(27)24-14/h12-14,25H,2-11H2,1H3,(H4,20,21,22)(H2,23,24,27)/t12-,13-,14-,19?/m0/s1. The van der Waals surface area contributed by atoms with E-state index in [-0.39, 0.29) is 50.4 Å². The number of nitrogens with two attached hydrogens (primary N) is 2. The largest absolute Gasteiger partial charge is 0.508 e. The van der Waals surface area contributed by atoms with Gasteiger partial charge in [-0.25, -0.2) is 9.59 Å². The van der Waals surface area contributed by atoms with Crippen molar-refractivity contribution in [1.82, 2.24) is 10.6 Å². The van der Waals surface area contributed by atoms with Crippen LogP contribution in [0.15, 0.2) is 4.99 Å². The van der Waals surface area contributed by atoms with E-state index >= 15 is 0 Å². The van der Waals surface area contributed by atoms with Gasteiger partial charge in [-0.3, -0.25) is 9.79 Å². The van der Waals surface area contributed by atoms with Crippen LogP contribution in [0.5, 0.6) is 0 Å². The summed E-state index contributed by atoms with van der Waals surface area (Å²) < 4.78 is 15.0. The fourth-order valence-electron chi connectivity index (χ4n) is 3.34. The average Bonchev–Trinajstić information content (AvgIpc) is 3.30. The number of hydrogen-bond donors (Lipinski definition) is 5. The average molecular weight is 476 g/mol. The monoisotopic (exact) mass is 475 g/mol. The molecule has 2 fully saturated rings. The molecule has 1 unspecified atom stereocenters. The molecule has 4 atom stereocenters. The zero-order valence-electron chi connectivity index (χ0n) is 18.2. The number of unbranched alkanes of at least 4 members (excludes halogenated alkanes) is 2. The zero-order chi connectivity index (χ0) is 23.6. The maximum Gasteiger partial charge on any atom is 0.508 e. The second kappa shape index (κ2) is 12.6. The van der Waals surface area contributed by atoms with Crippen LogP contribution >= 0.6 is 11.8 Å². The van der Waals surface area contributed by atoms with Crippen molar-refractivity contribution in [1.29, 1.82) is 0 Å². The number of thioether (sulfide) groups is 1. The second-order valence-electron chi connectivity index (χ2n) is 8.02. The molecule has 2 amide bonds. The van der Waals surface area contributed by atoms with Gasteiger partial charge in [0.25, 0.3) is 0 Å². The highest BCUT2D eigenvalue weighted by Crippen LogP contribution is 2.33. The predicted molar refractivity (Wildman–Crippen MR) is 118 cm³/mol. The molecule has 0 bridgehead atoms. The number of aliphatic hydroxyl groups is 1. The van der Waals surface area contributed by atoms with Crippen LogP contribution in [0.2, 0.25) is 0 Å². The molecule has 0 aromatic heterocycles. The summed E-state index contributed by atoms with van der Waals surface area (Å²) in [5, 5.41) is 15.8. The summed E-state index contributed by atoms with van der Waals surface area (Å²) in [5.74, 6) is 0.0709. The molecule has 13 heteroatoms. The van der Waals surface area contributed by atoms with Gasteiger partial charge in [0.05, 0.1) is 31.8 Å². The summed E-state index contributed by atoms with van der Waals surface area (Å²) in [4.78, 5) is 39.0. The summed E-state index contributed by atoms with van der Waals surface area (Å²) >= 11 is 1.87. The number of ether oxygens (including phenoxy) is 3. The summed E-state index contributed by atoms with van der Waals surface area (Å²) in [7, 11) is 0. The van der Waals surface area contributed by atoms with Gasteiger partial charge >= 0.3 is 18.2 Å². The first kappa shape index (κ1) is 25.8. The van der Waals surface area contributed by atoms with Gasteiger partial charge in [-0.15, -0.1) is 0 Å². The van der Waals surface area contributed by atoms with E-state index in [4.69, 9.17) is 25.7 Å². The smallest absolute Gasteiger partial charge is 0.463 e. The molecule has 0 saturated carbocycles. The molecule has 2 aliphatic rings. The summed E-state index contributed by atoms with van der Waals surface area (Å²) in [5.41, 5.74) is 8.94. The normalized spacial score (nSPS) is 23.3. The summed E-state index contributed by atoms with van der Waals surface area (Å²) in [6.45, 7) is 0.672. The van der Waals surface area contributed by atoms with E-state index in [1.165, 1.54) is 6.92 Å². The van der Waals surface area contributed by atoms with Crippen molar-refractivity contribution in [3.63, 3.8) is 0 Å². The van der Waals surface area contributed by atoms with E-state index in [1.54, 1.807) is 0 Å². The van der Waals surface area contributed by atoms with Crippen LogP contribution in [0.3, 0.4) is 0 Å². The molecule has 0 aromatic carbocycles. The van der Waals surface area contributed by atoms with E-state index in [0.29, 0.717) is 11.7 Å². The molecule has 32 heavy (non-hydrogen) atoms. The van der Waals surface area contributed by atoms with Crippen molar-refractivity contribution in [2.75, 3.05) is 38.7 Å². The van der Waals surface area contributed by atoms with Gasteiger partial charge in [-0.2, -0.15) is 11.8 Å². The number of fused-ring (bicyclic) bond motifs is 1. The summed E-state index contributed by atoms with van der Waals surface area (Å²) in [6, 6.07) is 0.322. The third-order valence-electron chi connectivity index (χ3n) is 5.26. The van der Waals surface area contributed by atoms with Gasteiger partial charge in [0, 0.05) is 11.0 Å². The first-order chi connectivity index (χ1) is 15.2. The van der Waals surface area contributed by atoms with Crippen LogP contribution in [-0.4, -0.2) is 85.3 Å². The Balaban J connectivity index is 1.55. The molecule has 2 rings (SSSR count). The molecule has 7 N–H and O–H groups in total. The number of aliphatic hydroxyl groups excluding tert-OH is 1. The first-order valence-corrected chi connectivity index (χ1v) is 11.6. The van der Waals surface area contributed by atoms with Crippen molar-refractivity contribution in [3.8, 4) is 0 Å². The van der Waals surface area contributed by atoms with Gasteiger partial charge in [-0.05, 0) is 19.8 Å². The molecule has 0 aromatic rings. The minimum absolute atomic E-state index is 0.0690. The van der Waals surface area contributed by atoms with E-state index in [0.717, 1.165) is 25.0 Å². The van der Waals surface area contributed by atoms with Crippen LogP contribution < -0.4 is 22.1 Å². The minimum Gasteiger partial charge on any atom is -0.463 e. The van der Waals surface area contributed by atoms with E-state index in [1.807, 2.05) is 11.8 Å². The fraction of sp³-hybridized carbons (Fsp3) is 0.789. The maximum atomic E-state index is 12.1. The number of esters is 1. The van der Waals surface area contributed by atoms with Crippen molar-refractivity contribution in [3.05, 3.63) is 0 Å². The molecule has 182 valence electrons. The molecule has 12 nitrogen and oxygen atoms in total. The third kappa shape index (κ3) is 7.93. The Kier molecular flexibility index (Phi) is 10.2. The van der Waals surface area contributed by atoms with Crippen molar-refractivity contribution >= 4 is 35.9 Å². The molecular formula is C19H33N5O7S. The molecule has 2 saturated heterocycles. The Labute approximate surface area is 191 Å². The zero-order valence-corrected chi connectivity index (χ0v) is 19.0. The molecule has 0 radical (unpaired) electrons. The SMILES string of the molecule is CC(CO)(COC(=O)OCCCCC[C@@H]1SC[C@@H]2NC(=O)N[C@@H]21)C(=O)OCCN=C(N)N. The Morgan fingerprint density at radius 1 is 1.19 bits per heavy atom. The number of carbonyl (C=O) groups is 3. The summed E-state index contributed by atoms with van der Waals surface area (Å²) in [6.07, 6.45) is 2.59. The number of nitrogens with one attached hydrogen (secondary N) is 2. The molecule has 2 aliphatic heterocycles. The van der Waals surface area contributed by atoms with E-state index in [2.05, 4.69) is 15.6 Å². The molecule has 0 spiro atoms. The topological polar surface area (TPSA) is 188 Å². The van der Waals surface area contributed by atoms with E-state index < -0.39 is 24.1 Å². The van der Waals surface area contributed by atoms with Crippen LogP contribution in [-0.2, 0) is 19.0 Å². The Bertz CT molecular complexity index is 691. The Morgan fingerprint density at radius 2 is 1.97 bits per heavy atom. The highest BCUT2D eigenvalue weighted by atomic mass is 32.2. The van der Waals surface area contributed by atoms with Gasteiger partial charge in [0.15, 0.2) is 5.96 Å². The van der Waals surface area contributed by atoms with Gasteiger partial charge in [-0.1, -0.05) is 12.8 Å². The van der Waals surface area contributed by atoms with Crippen LogP contribution in [0, 0.1) is 5.41 Å². The van der Waals surface area contributed by atoms with Gasteiger partial charge < -0.3 is 41.4 Å². The highest BCUT2D eigenvalue weighted by Gasteiger charge is 2.42. The van der Waals surface area contributed by atoms with Gasteiger partial charge in [0.1, 0.15) is 18.6 Å². The van der Waals surface area contributed by atoms with E-state index in [9.17, 15) is 19.5 Å². The van der Waals surface area contributed by atoms with Crippen LogP contribution in [0.25, 0.3) is 0 Å².